The van der Waals surface area contributed by atoms with Gasteiger partial charge in [0.1, 0.15) is 0 Å². The molecule has 26 heavy (non-hydrogen) atoms. The molecule has 0 aliphatic heterocycles. The van der Waals surface area contributed by atoms with E-state index in [9.17, 15) is 13.2 Å². The van der Waals surface area contributed by atoms with Crippen LogP contribution >= 0.6 is 35.7 Å². The molecule has 0 radical (unpaired) electrons. The summed E-state index contributed by atoms with van der Waals surface area (Å²) in [4.78, 5) is 8.28. The van der Waals surface area contributed by atoms with Gasteiger partial charge in [0.25, 0.3) is 0 Å². The number of ether oxygens (including phenoxy) is 1. The van der Waals surface area contributed by atoms with Crippen LogP contribution in [0, 0.1) is 0 Å². The van der Waals surface area contributed by atoms with Crippen molar-refractivity contribution in [3.63, 3.8) is 0 Å². The van der Waals surface area contributed by atoms with Crippen molar-refractivity contribution in [2.24, 2.45) is 4.99 Å². The summed E-state index contributed by atoms with van der Waals surface area (Å²) < 4.78 is 41.8. The highest BCUT2D eigenvalue weighted by Gasteiger charge is 2.29. The fourth-order valence-corrected chi connectivity index (χ4v) is 1.92. The van der Waals surface area contributed by atoms with Gasteiger partial charge in [0.05, 0.1) is 6.54 Å². The number of aromatic nitrogens is 1. The molecule has 1 aromatic heterocycles. The van der Waals surface area contributed by atoms with Crippen molar-refractivity contribution in [3.05, 3.63) is 23.9 Å². The van der Waals surface area contributed by atoms with E-state index in [2.05, 4.69) is 34.5 Å². The number of guanidine groups is 1. The van der Waals surface area contributed by atoms with Crippen molar-refractivity contribution in [2.45, 2.75) is 38.2 Å². The minimum atomic E-state index is -4.40. The van der Waals surface area contributed by atoms with Crippen molar-refractivity contribution >= 4 is 41.7 Å². The van der Waals surface area contributed by atoms with Crippen molar-refractivity contribution < 1.29 is 17.9 Å². The lowest BCUT2D eigenvalue weighted by atomic mass is 10.2. The number of alkyl halides is 3. The average molecular weight is 506 g/mol. The Bertz CT molecular complexity index is 571. The van der Waals surface area contributed by atoms with Crippen LogP contribution in [0.3, 0.4) is 0 Å². The number of thioether (sulfide) groups is 1. The molecule has 0 fully saturated rings. The summed E-state index contributed by atoms with van der Waals surface area (Å²) >= 11 is 1.73. The Morgan fingerprint density at radius 2 is 2.00 bits per heavy atom. The smallest absolute Gasteiger partial charge is 0.422 e. The summed E-state index contributed by atoms with van der Waals surface area (Å²) in [6.45, 7) is 6.33. The van der Waals surface area contributed by atoms with Crippen LogP contribution in [0.1, 0.15) is 26.3 Å². The van der Waals surface area contributed by atoms with Crippen LogP contribution in [0.2, 0.25) is 0 Å². The molecule has 0 aliphatic rings. The first-order chi connectivity index (χ1) is 11.7. The zero-order valence-electron chi connectivity index (χ0n) is 15.3. The molecule has 2 N–H and O–H groups in total. The van der Waals surface area contributed by atoms with Crippen LogP contribution in [0.5, 0.6) is 5.88 Å². The molecule has 1 rings (SSSR count). The predicted octanol–water partition coefficient (Wildman–Crippen LogP) is 3.84. The third-order valence-corrected chi connectivity index (χ3v) is 4.46. The van der Waals surface area contributed by atoms with Crippen molar-refractivity contribution in [2.75, 3.05) is 26.0 Å². The van der Waals surface area contributed by atoms with Gasteiger partial charge in [0.2, 0.25) is 5.88 Å². The van der Waals surface area contributed by atoms with Crippen LogP contribution in [0.4, 0.5) is 13.2 Å². The number of pyridine rings is 1. The summed E-state index contributed by atoms with van der Waals surface area (Å²) in [6, 6.07) is 3.29. The Hall–Kier alpha value is -0.910. The number of halogens is 4. The largest absolute Gasteiger partial charge is 0.468 e. The third-order valence-electron chi connectivity index (χ3n) is 3.21. The van der Waals surface area contributed by atoms with E-state index in [0.29, 0.717) is 24.6 Å². The Morgan fingerprint density at radius 3 is 2.58 bits per heavy atom. The molecule has 5 nitrogen and oxygen atoms in total. The number of nitrogens with zero attached hydrogens (tertiary/aromatic N) is 2. The van der Waals surface area contributed by atoms with E-state index in [-0.39, 0.29) is 41.1 Å². The van der Waals surface area contributed by atoms with Crippen molar-refractivity contribution in [1.29, 1.82) is 0 Å². The van der Waals surface area contributed by atoms with Gasteiger partial charge in [0.15, 0.2) is 12.6 Å². The number of nitrogens with one attached hydrogen (secondary N) is 2. The van der Waals surface area contributed by atoms with Crippen LogP contribution in [0.25, 0.3) is 0 Å². The van der Waals surface area contributed by atoms with Gasteiger partial charge in [-0.2, -0.15) is 24.9 Å². The van der Waals surface area contributed by atoms with E-state index in [0.717, 1.165) is 0 Å². The maximum absolute atomic E-state index is 12.3. The first-order valence-electron chi connectivity index (χ1n) is 7.87. The molecule has 1 aromatic rings. The fraction of sp³-hybridized carbons (Fsp3) is 0.625. The third kappa shape index (κ3) is 10.3. The molecule has 0 aliphatic carbocycles. The molecule has 0 atom stereocenters. The summed E-state index contributed by atoms with van der Waals surface area (Å²) in [7, 11) is 0. The fourth-order valence-electron chi connectivity index (χ4n) is 1.70. The van der Waals surface area contributed by atoms with Gasteiger partial charge in [0, 0.05) is 29.6 Å². The summed E-state index contributed by atoms with van der Waals surface area (Å²) in [6.07, 6.45) is -0.979. The van der Waals surface area contributed by atoms with Gasteiger partial charge in [-0.3, -0.25) is 0 Å². The Morgan fingerprint density at radius 1 is 1.31 bits per heavy atom. The molecule has 0 unspecified atom stereocenters. The number of rotatable bonds is 8. The van der Waals surface area contributed by atoms with E-state index < -0.39 is 12.8 Å². The van der Waals surface area contributed by atoms with Gasteiger partial charge in [-0.1, -0.05) is 6.07 Å². The van der Waals surface area contributed by atoms with Crippen LogP contribution in [-0.2, 0) is 6.54 Å². The van der Waals surface area contributed by atoms with E-state index in [1.807, 2.05) is 13.2 Å². The molecule has 1 heterocycles. The lowest BCUT2D eigenvalue weighted by Gasteiger charge is -2.23. The van der Waals surface area contributed by atoms with E-state index in [1.165, 1.54) is 6.20 Å². The molecule has 0 saturated carbocycles. The molecule has 150 valence electrons. The average Bonchev–Trinajstić information content (AvgIpc) is 2.55. The first-order valence-corrected chi connectivity index (χ1v) is 9.10. The summed E-state index contributed by atoms with van der Waals surface area (Å²) in [5, 5.41) is 6.35. The minimum absolute atomic E-state index is 0. The monoisotopic (exact) mass is 506 g/mol. The highest BCUT2D eigenvalue weighted by atomic mass is 127. The Labute approximate surface area is 174 Å². The Kier molecular flexibility index (Phi) is 11.3. The zero-order valence-corrected chi connectivity index (χ0v) is 18.5. The Balaban J connectivity index is 0.00000625. The second kappa shape index (κ2) is 11.7. The highest BCUT2D eigenvalue weighted by Crippen LogP contribution is 2.21. The second-order valence-corrected chi connectivity index (χ2v) is 7.40. The second-order valence-electron chi connectivity index (χ2n) is 5.88. The SMILES string of the molecule is CCNC(=NCc1cccnc1OCC(F)(F)F)NCC(C)(C)SC.I. The topological polar surface area (TPSA) is 58.5 Å². The quantitative estimate of drug-likeness (QED) is 0.319. The molecule has 0 bridgehead atoms. The molecule has 10 heteroatoms. The van der Waals surface area contributed by atoms with E-state index in [1.54, 1.807) is 23.9 Å². The van der Waals surface area contributed by atoms with Crippen molar-refractivity contribution in [1.82, 2.24) is 15.6 Å². The lowest BCUT2D eigenvalue weighted by molar-refractivity contribution is -0.154. The molecule has 0 amide bonds. The van der Waals surface area contributed by atoms with Gasteiger partial charge >= 0.3 is 6.18 Å². The summed E-state index contributed by atoms with van der Waals surface area (Å²) in [5.74, 6) is 0.541. The molecule has 0 spiro atoms. The number of hydrogen-bond donors (Lipinski definition) is 2. The first kappa shape index (κ1) is 25.1. The number of hydrogen-bond acceptors (Lipinski definition) is 4. The normalized spacial score (nSPS) is 12.3. The molecule has 0 saturated heterocycles. The van der Waals surface area contributed by atoms with Gasteiger partial charge < -0.3 is 15.4 Å². The van der Waals surface area contributed by atoms with Crippen molar-refractivity contribution in [3.8, 4) is 5.88 Å². The molecule has 0 aromatic carbocycles. The van der Waals surface area contributed by atoms with Crippen LogP contribution in [0.15, 0.2) is 23.3 Å². The number of aliphatic imine (C=N–C) groups is 1. The lowest BCUT2D eigenvalue weighted by Crippen LogP contribution is -2.43. The zero-order chi connectivity index (χ0) is 18.9. The van der Waals surface area contributed by atoms with Crippen LogP contribution in [-0.4, -0.2) is 47.8 Å². The van der Waals surface area contributed by atoms with Gasteiger partial charge in [-0.05, 0) is 33.1 Å². The maximum Gasteiger partial charge on any atom is 0.422 e. The summed E-state index contributed by atoms with van der Waals surface area (Å²) in [5.41, 5.74) is 0.494. The maximum atomic E-state index is 12.3. The molecular weight excluding hydrogens is 480 g/mol. The predicted molar refractivity (Wildman–Crippen MR) is 112 cm³/mol. The standard InChI is InChI=1S/C16H25F3N4OS.HI/c1-5-20-14(23-10-15(2,3)25-4)22-9-12-7-6-8-21-13(12)24-11-16(17,18)19;/h6-8H,5,9-11H2,1-4H3,(H2,20,22,23);1H. The highest BCUT2D eigenvalue weighted by molar-refractivity contribution is 14.0. The molecular formula is C16H26F3IN4OS. The minimum Gasteiger partial charge on any atom is -0.468 e. The van der Waals surface area contributed by atoms with Gasteiger partial charge in [-0.25, -0.2) is 9.98 Å². The van der Waals surface area contributed by atoms with E-state index >= 15 is 0 Å². The van der Waals surface area contributed by atoms with Crippen LogP contribution < -0.4 is 15.4 Å². The van der Waals surface area contributed by atoms with E-state index in [4.69, 9.17) is 4.74 Å². The van der Waals surface area contributed by atoms with Gasteiger partial charge in [-0.15, -0.1) is 24.0 Å².